The van der Waals surface area contributed by atoms with Gasteiger partial charge in [0.05, 0.1) is 43.1 Å². The number of aliphatic hydroxyl groups is 1. The third-order valence-electron chi connectivity index (χ3n) is 6.31. The number of rotatable bonds is 6. The summed E-state index contributed by atoms with van der Waals surface area (Å²) in [6.45, 7) is 4.02. The molecule has 8 heteroatoms. The minimum absolute atomic E-state index is 0.0993. The van der Waals surface area contributed by atoms with Crippen LogP contribution in [0.15, 0.2) is 30.3 Å². The minimum Gasteiger partial charge on any atom is -0.395 e. The van der Waals surface area contributed by atoms with Crippen molar-refractivity contribution < 1.29 is 19.4 Å². The fourth-order valence-electron chi connectivity index (χ4n) is 4.46. The van der Waals surface area contributed by atoms with E-state index in [4.69, 9.17) is 9.72 Å². The lowest BCUT2D eigenvalue weighted by atomic mass is 10.0. The monoisotopic (exact) mass is 440 g/mol. The molecule has 0 aliphatic carbocycles. The summed E-state index contributed by atoms with van der Waals surface area (Å²) in [5.41, 5.74) is 1.90. The number of piperidine rings is 1. The van der Waals surface area contributed by atoms with Crippen LogP contribution in [0.4, 0.5) is 0 Å². The maximum absolute atomic E-state index is 13.1. The number of amides is 2. The van der Waals surface area contributed by atoms with Gasteiger partial charge >= 0.3 is 0 Å². The zero-order chi connectivity index (χ0) is 22.5. The number of para-hydroxylation sites is 1. The third kappa shape index (κ3) is 5.09. The van der Waals surface area contributed by atoms with Gasteiger partial charge in [0, 0.05) is 25.5 Å². The van der Waals surface area contributed by atoms with E-state index >= 15 is 0 Å². The number of aromatic nitrogens is 1. The van der Waals surface area contributed by atoms with Gasteiger partial charge in [-0.1, -0.05) is 24.6 Å². The van der Waals surface area contributed by atoms with Gasteiger partial charge in [0.25, 0.3) is 5.91 Å². The van der Waals surface area contributed by atoms with E-state index in [0.29, 0.717) is 43.0 Å². The highest BCUT2D eigenvalue weighted by Gasteiger charge is 2.29. The molecule has 2 aliphatic heterocycles. The van der Waals surface area contributed by atoms with E-state index in [1.165, 1.54) is 11.3 Å². The number of carbonyl (C=O) groups is 2. The van der Waals surface area contributed by atoms with Crippen molar-refractivity contribution in [3.8, 4) is 0 Å². The molecule has 4 rings (SSSR count). The Bertz CT molecular complexity index is 960. The van der Waals surface area contributed by atoms with Gasteiger partial charge < -0.3 is 19.6 Å². The quantitative estimate of drug-likeness (QED) is 0.736. The van der Waals surface area contributed by atoms with Crippen LogP contribution in [0.5, 0.6) is 0 Å². The maximum Gasteiger partial charge on any atom is 0.254 e. The molecule has 3 heterocycles. The number of aliphatic hydroxyl groups excluding tert-OH is 1. The van der Waals surface area contributed by atoms with Crippen LogP contribution in [0.3, 0.4) is 0 Å². The summed E-state index contributed by atoms with van der Waals surface area (Å²) in [5, 5.41) is 10.00. The summed E-state index contributed by atoms with van der Waals surface area (Å²) >= 11 is 0. The van der Waals surface area contributed by atoms with Crippen molar-refractivity contribution in [1.82, 2.24) is 19.7 Å². The van der Waals surface area contributed by atoms with Crippen molar-refractivity contribution >= 4 is 22.7 Å². The Labute approximate surface area is 188 Å². The summed E-state index contributed by atoms with van der Waals surface area (Å²) in [7, 11) is 1.67. The predicted octanol–water partition coefficient (Wildman–Crippen LogP) is 1.68. The van der Waals surface area contributed by atoms with Crippen molar-refractivity contribution in [3.05, 3.63) is 41.6 Å². The lowest BCUT2D eigenvalue weighted by Gasteiger charge is -2.35. The second kappa shape index (κ2) is 10.4. The molecule has 1 aromatic carbocycles. The maximum atomic E-state index is 13.1. The molecule has 2 amide bonds. The lowest BCUT2D eigenvalue weighted by Crippen LogP contribution is -2.47. The summed E-state index contributed by atoms with van der Waals surface area (Å²) in [6.07, 6.45) is 3.17. The van der Waals surface area contributed by atoms with Crippen molar-refractivity contribution in [1.29, 1.82) is 0 Å². The van der Waals surface area contributed by atoms with Gasteiger partial charge in [0.2, 0.25) is 5.91 Å². The van der Waals surface area contributed by atoms with E-state index in [-0.39, 0.29) is 31.1 Å². The number of pyridine rings is 1. The predicted molar refractivity (Wildman–Crippen MR) is 121 cm³/mol. The second-order valence-corrected chi connectivity index (χ2v) is 8.60. The molecule has 172 valence electrons. The number of nitrogens with zero attached hydrogens (tertiary/aromatic N) is 4. The van der Waals surface area contributed by atoms with Gasteiger partial charge in [-0.2, -0.15) is 0 Å². The number of hydrogen-bond donors (Lipinski definition) is 1. The van der Waals surface area contributed by atoms with Crippen LogP contribution in [-0.2, 0) is 9.53 Å². The van der Waals surface area contributed by atoms with Crippen molar-refractivity contribution in [3.63, 3.8) is 0 Å². The van der Waals surface area contributed by atoms with Gasteiger partial charge in [0.1, 0.15) is 6.10 Å². The van der Waals surface area contributed by atoms with Crippen LogP contribution in [-0.4, -0.2) is 96.1 Å². The van der Waals surface area contributed by atoms with Gasteiger partial charge in [-0.3, -0.25) is 14.5 Å². The molecule has 0 spiro atoms. The molecule has 2 saturated heterocycles. The Morgan fingerprint density at radius 1 is 1.19 bits per heavy atom. The van der Waals surface area contributed by atoms with Gasteiger partial charge in [-0.15, -0.1) is 0 Å². The van der Waals surface area contributed by atoms with Crippen LogP contribution in [0.1, 0.15) is 41.4 Å². The molecule has 32 heavy (non-hydrogen) atoms. The fraction of sp³-hybridized carbons (Fsp3) is 0.542. The first-order chi connectivity index (χ1) is 15.6. The standard InChI is InChI=1S/C24H32N4O4/c1-26(11-13-29)24(31)19-15-21(25-20-8-4-3-7-18(19)20)22-16-28(12-14-32-22)23(30)17-27-9-5-2-6-10-27/h3-4,7-8,15,22,29H,2,5-6,9-14,16-17H2,1H3. The van der Waals surface area contributed by atoms with Gasteiger partial charge in [-0.05, 0) is 38.1 Å². The molecule has 2 aliphatic rings. The number of likely N-dealkylation sites (tertiary alicyclic amines) is 1. The van der Waals surface area contributed by atoms with Crippen LogP contribution in [0.2, 0.25) is 0 Å². The molecular formula is C24H32N4O4. The Kier molecular flexibility index (Phi) is 7.34. The first-order valence-corrected chi connectivity index (χ1v) is 11.4. The summed E-state index contributed by atoms with van der Waals surface area (Å²) < 4.78 is 5.99. The Hall–Kier alpha value is -2.55. The molecule has 0 radical (unpaired) electrons. The van der Waals surface area contributed by atoms with Crippen LogP contribution in [0, 0.1) is 0 Å². The molecule has 0 bridgehead atoms. The zero-order valence-corrected chi connectivity index (χ0v) is 18.7. The zero-order valence-electron chi connectivity index (χ0n) is 18.7. The normalized spacial score (nSPS) is 19.8. The van der Waals surface area contributed by atoms with E-state index < -0.39 is 0 Å². The molecule has 1 aromatic heterocycles. The second-order valence-electron chi connectivity index (χ2n) is 8.60. The van der Waals surface area contributed by atoms with Gasteiger partial charge in [-0.25, -0.2) is 4.98 Å². The van der Waals surface area contributed by atoms with Gasteiger partial charge in [0.15, 0.2) is 0 Å². The van der Waals surface area contributed by atoms with E-state index in [9.17, 15) is 14.7 Å². The molecule has 1 N–H and O–H groups in total. The van der Waals surface area contributed by atoms with E-state index in [0.717, 1.165) is 31.3 Å². The molecule has 2 fully saturated rings. The fourth-order valence-corrected chi connectivity index (χ4v) is 4.46. The van der Waals surface area contributed by atoms with Crippen LogP contribution < -0.4 is 0 Å². The molecule has 0 saturated carbocycles. The number of likely N-dealkylation sites (N-methyl/N-ethyl adjacent to an activating group) is 1. The molecular weight excluding hydrogens is 408 g/mol. The first-order valence-electron chi connectivity index (χ1n) is 11.4. The highest BCUT2D eigenvalue weighted by atomic mass is 16.5. The van der Waals surface area contributed by atoms with Crippen LogP contribution in [0.25, 0.3) is 10.9 Å². The number of morpholine rings is 1. The molecule has 8 nitrogen and oxygen atoms in total. The van der Waals surface area contributed by atoms with E-state index in [2.05, 4.69) is 4.90 Å². The van der Waals surface area contributed by atoms with Crippen LogP contribution >= 0.6 is 0 Å². The number of ether oxygens (including phenoxy) is 1. The number of fused-ring (bicyclic) bond motifs is 1. The van der Waals surface area contributed by atoms with E-state index in [1.54, 1.807) is 13.1 Å². The molecule has 2 aromatic rings. The number of benzene rings is 1. The average Bonchev–Trinajstić information content (AvgIpc) is 2.83. The SMILES string of the molecule is CN(CCO)C(=O)c1cc(C2CN(C(=O)CN3CCCCC3)CCO2)nc2ccccc12. The minimum atomic E-state index is -0.381. The molecule has 1 unspecified atom stereocenters. The Balaban J connectivity index is 1.55. The lowest BCUT2D eigenvalue weighted by molar-refractivity contribution is -0.140. The van der Waals surface area contributed by atoms with Crippen molar-refractivity contribution in [2.24, 2.45) is 0 Å². The summed E-state index contributed by atoms with van der Waals surface area (Å²) in [6, 6.07) is 9.31. The number of carbonyl (C=O) groups excluding carboxylic acids is 2. The average molecular weight is 441 g/mol. The highest BCUT2D eigenvalue weighted by molar-refractivity contribution is 6.06. The smallest absolute Gasteiger partial charge is 0.254 e. The van der Waals surface area contributed by atoms with Crippen molar-refractivity contribution in [2.75, 3.05) is 59.5 Å². The molecule has 1 atom stereocenters. The number of hydrogen-bond acceptors (Lipinski definition) is 6. The third-order valence-corrected chi connectivity index (χ3v) is 6.31. The largest absolute Gasteiger partial charge is 0.395 e. The summed E-state index contributed by atoms with van der Waals surface area (Å²) in [5.74, 6) is -0.0484. The Morgan fingerprint density at radius 2 is 1.97 bits per heavy atom. The summed E-state index contributed by atoms with van der Waals surface area (Å²) in [4.78, 5) is 36.3. The highest BCUT2D eigenvalue weighted by Crippen LogP contribution is 2.27. The topological polar surface area (TPSA) is 86.2 Å². The van der Waals surface area contributed by atoms with E-state index in [1.807, 2.05) is 29.2 Å². The Morgan fingerprint density at radius 3 is 2.75 bits per heavy atom. The first kappa shape index (κ1) is 22.6. The van der Waals surface area contributed by atoms with Crippen molar-refractivity contribution in [2.45, 2.75) is 25.4 Å².